The van der Waals surface area contributed by atoms with E-state index in [9.17, 15) is 14.4 Å². The second-order valence-electron chi connectivity index (χ2n) is 6.88. The zero-order valence-corrected chi connectivity index (χ0v) is 16.8. The third-order valence-electron chi connectivity index (χ3n) is 4.99. The van der Waals surface area contributed by atoms with Crippen molar-refractivity contribution in [3.63, 3.8) is 0 Å². The Bertz CT molecular complexity index is 1150. The van der Waals surface area contributed by atoms with Crippen molar-refractivity contribution < 1.29 is 14.3 Å². The number of nitrogens with zero attached hydrogens (tertiary/aromatic N) is 3. The number of hydrogen-bond donors (Lipinski definition) is 1. The lowest BCUT2D eigenvalue weighted by Crippen LogP contribution is -2.30. The van der Waals surface area contributed by atoms with Crippen LogP contribution >= 0.6 is 11.3 Å². The molecule has 1 aliphatic rings. The smallest absolute Gasteiger partial charge is 0.341 e. The molecule has 0 saturated heterocycles. The molecule has 4 rings (SSSR count). The van der Waals surface area contributed by atoms with Crippen LogP contribution in [0.5, 0.6) is 0 Å². The highest BCUT2D eigenvalue weighted by Crippen LogP contribution is 2.37. The number of fused-ring (bicyclic) bond motifs is 2. The Labute approximate surface area is 170 Å². The minimum absolute atomic E-state index is 0.292. The molecular weight excluding hydrogens is 392 g/mol. The number of nitrogens with one attached hydrogen (secondary N) is 1. The largest absolute Gasteiger partial charge is 0.465 e. The van der Waals surface area contributed by atoms with Crippen molar-refractivity contribution in [3.8, 4) is 0 Å². The van der Waals surface area contributed by atoms with Crippen LogP contribution in [0.3, 0.4) is 0 Å². The predicted octanol–water partition coefficient (Wildman–Crippen LogP) is 2.55. The van der Waals surface area contributed by atoms with Crippen LogP contribution in [0.1, 0.15) is 40.1 Å². The van der Waals surface area contributed by atoms with Gasteiger partial charge >= 0.3 is 5.97 Å². The van der Waals surface area contributed by atoms with Gasteiger partial charge < -0.3 is 10.1 Å². The van der Waals surface area contributed by atoms with Crippen LogP contribution in [-0.4, -0.2) is 34.0 Å². The Morgan fingerprint density at radius 3 is 2.83 bits per heavy atom. The van der Waals surface area contributed by atoms with Gasteiger partial charge in [-0.15, -0.1) is 16.4 Å². The second kappa shape index (κ2) is 8.12. The van der Waals surface area contributed by atoms with Gasteiger partial charge in [-0.2, -0.15) is 0 Å². The molecule has 1 N–H and O–H groups in total. The molecule has 3 aromatic rings. The fraction of sp³-hybridized carbons (Fsp3) is 0.350. The van der Waals surface area contributed by atoms with Gasteiger partial charge in [0.15, 0.2) is 0 Å². The van der Waals surface area contributed by atoms with Crippen molar-refractivity contribution in [3.05, 3.63) is 50.6 Å². The minimum atomic E-state index is -0.456. The van der Waals surface area contributed by atoms with Gasteiger partial charge in [0.25, 0.3) is 5.56 Å². The molecule has 1 amide bonds. The van der Waals surface area contributed by atoms with Gasteiger partial charge in [0, 0.05) is 4.88 Å². The first kappa shape index (κ1) is 19.3. The van der Waals surface area contributed by atoms with Crippen LogP contribution < -0.4 is 10.9 Å². The summed E-state index contributed by atoms with van der Waals surface area (Å²) in [5, 5.41) is 11.5. The Kier molecular flexibility index (Phi) is 5.39. The molecule has 29 heavy (non-hydrogen) atoms. The fourth-order valence-electron chi connectivity index (χ4n) is 3.58. The standard InChI is InChI=1S/C20H20N4O4S/c1-28-20(27)17-13-8-3-2-4-10-15(13)29-18(17)21-16(25)11-24-19(26)12-7-5-6-9-14(12)22-23-24/h5-7,9H,2-4,8,10-11H2,1H3,(H,21,25). The monoisotopic (exact) mass is 412 g/mol. The van der Waals surface area contributed by atoms with E-state index in [-0.39, 0.29) is 12.1 Å². The number of amides is 1. The molecule has 150 valence electrons. The van der Waals surface area contributed by atoms with E-state index >= 15 is 0 Å². The van der Waals surface area contributed by atoms with Crippen LogP contribution in [0, 0.1) is 0 Å². The summed E-state index contributed by atoms with van der Waals surface area (Å²) in [5.74, 6) is -0.902. The average Bonchev–Trinajstić information content (AvgIpc) is 2.90. The Hall–Kier alpha value is -3.07. The molecule has 0 atom stereocenters. The molecule has 1 aromatic carbocycles. The first-order valence-electron chi connectivity index (χ1n) is 9.43. The van der Waals surface area contributed by atoms with E-state index in [1.165, 1.54) is 18.4 Å². The molecule has 8 nitrogen and oxygen atoms in total. The third-order valence-corrected chi connectivity index (χ3v) is 6.19. The lowest BCUT2D eigenvalue weighted by molar-refractivity contribution is -0.117. The number of aryl methyl sites for hydroxylation is 1. The number of thiophene rings is 1. The Balaban J connectivity index is 1.61. The maximum atomic E-state index is 12.6. The fourth-order valence-corrected chi connectivity index (χ4v) is 4.87. The van der Waals surface area contributed by atoms with E-state index in [4.69, 9.17) is 4.74 Å². The van der Waals surface area contributed by atoms with Crippen molar-refractivity contribution in [2.24, 2.45) is 0 Å². The van der Waals surface area contributed by atoms with E-state index in [0.717, 1.165) is 47.2 Å². The molecular formula is C20H20N4O4S. The molecule has 0 radical (unpaired) electrons. The Morgan fingerprint density at radius 1 is 1.21 bits per heavy atom. The van der Waals surface area contributed by atoms with E-state index in [0.29, 0.717) is 21.5 Å². The molecule has 2 aromatic heterocycles. The number of aromatic nitrogens is 3. The lowest BCUT2D eigenvalue weighted by atomic mass is 10.1. The number of ether oxygens (including phenoxy) is 1. The minimum Gasteiger partial charge on any atom is -0.465 e. The van der Waals surface area contributed by atoms with Crippen LogP contribution in [0.15, 0.2) is 29.1 Å². The topological polar surface area (TPSA) is 103 Å². The number of anilines is 1. The second-order valence-corrected chi connectivity index (χ2v) is 7.98. The SMILES string of the molecule is COC(=O)c1c(NC(=O)Cn2nnc3ccccc3c2=O)sc2c1CCCCC2. The van der Waals surface area contributed by atoms with Gasteiger partial charge in [-0.05, 0) is 43.4 Å². The molecule has 0 spiro atoms. The van der Waals surface area contributed by atoms with Gasteiger partial charge in [0.05, 0.1) is 18.1 Å². The number of rotatable bonds is 4. The molecule has 0 fully saturated rings. The first-order chi connectivity index (χ1) is 14.1. The summed E-state index contributed by atoms with van der Waals surface area (Å²) in [5.41, 5.74) is 1.49. The first-order valence-corrected chi connectivity index (χ1v) is 10.3. The van der Waals surface area contributed by atoms with Crippen molar-refractivity contribution in [1.82, 2.24) is 15.0 Å². The maximum Gasteiger partial charge on any atom is 0.341 e. The summed E-state index contributed by atoms with van der Waals surface area (Å²) in [7, 11) is 1.33. The van der Waals surface area contributed by atoms with Gasteiger partial charge in [-0.1, -0.05) is 23.8 Å². The number of carbonyl (C=O) groups is 2. The summed E-state index contributed by atoms with van der Waals surface area (Å²) < 4.78 is 5.97. The summed E-state index contributed by atoms with van der Waals surface area (Å²) >= 11 is 1.41. The van der Waals surface area contributed by atoms with Crippen molar-refractivity contribution in [2.45, 2.75) is 38.6 Å². The van der Waals surface area contributed by atoms with Crippen molar-refractivity contribution in [1.29, 1.82) is 0 Å². The van der Waals surface area contributed by atoms with Crippen LogP contribution in [-0.2, 0) is 28.9 Å². The molecule has 2 heterocycles. The summed E-state index contributed by atoms with van der Waals surface area (Å²) in [6.07, 6.45) is 4.86. The van der Waals surface area contributed by atoms with Gasteiger partial charge in [-0.25, -0.2) is 9.48 Å². The van der Waals surface area contributed by atoms with Gasteiger partial charge in [-0.3, -0.25) is 9.59 Å². The molecule has 1 aliphatic carbocycles. The highest BCUT2D eigenvalue weighted by atomic mass is 32.1. The lowest BCUT2D eigenvalue weighted by Gasteiger charge is -2.08. The Morgan fingerprint density at radius 2 is 2.00 bits per heavy atom. The number of esters is 1. The predicted molar refractivity (Wildman–Crippen MR) is 109 cm³/mol. The van der Waals surface area contributed by atoms with E-state index < -0.39 is 11.9 Å². The number of benzene rings is 1. The molecule has 0 aliphatic heterocycles. The molecule has 0 saturated carbocycles. The zero-order valence-electron chi connectivity index (χ0n) is 15.9. The number of methoxy groups -OCH3 is 1. The summed E-state index contributed by atoms with van der Waals surface area (Å²) in [6.45, 7) is -0.292. The zero-order chi connectivity index (χ0) is 20.4. The quantitative estimate of drug-likeness (QED) is 0.522. The summed E-state index contributed by atoms with van der Waals surface area (Å²) in [6, 6.07) is 6.84. The van der Waals surface area contributed by atoms with Crippen LogP contribution in [0.4, 0.5) is 5.00 Å². The normalized spacial score (nSPS) is 13.6. The molecule has 0 unspecified atom stereocenters. The number of carbonyl (C=O) groups excluding carboxylic acids is 2. The number of hydrogen-bond acceptors (Lipinski definition) is 7. The summed E-state index contributed by atoms with van der Waals surface area (Å²) in [4.78, 5) is 38.7. The van der Waals surface area contributed by atoms with Gasteiger partial charge in [0.2, 0.25) is 5.91 Å². The third kappa shape index (κ3) is 3.77. The van der Waals surface area contributed by atoms with Crippen LogP contribution in [0.2, 0.25) is 0 Å². The average molecular weight is 412 g/mol. The maximum absolute atomic E-state index is 12.6. The van der Waals surface area contributed by atoms with E-state index in [1.807, 2.05) is 0 Å². The van der Waals surface area contributed by atoms with Crippen molar-refractivity contribution >= 4 is 39.1 Å². The van der Waals surface area contributed by atoms with E-state index in [2.05, 4.69) is 15.6 Å². The molecule has 0 bridgehead atoms. The molecule has 9 heteroatoms. The van der Waals surface area contributed by atoms with Crippen molar-refractivity contribution in [2.75, 3.05) is 12.4 Å². The highest BCUT2D eigenvalue weighted by molar-refractivity contribution is 7.17. The van der Waals surface area contributed by atoms with E-state index in [1.54, 1.807) is 24.3 Å². The highest BCUT2D eigenvalue weighted by Gasteiger charge is 2.26. The van der Waals surface area contributed by atoms with Crippen LogP contribution in [0.25, 0.3) is 10.9 Å². The van der Waals surface area contributed by atoms with Gasteiger partial charge in [0.1, 0.15) is 17.1 Å².